The van der Waals surface area contributed by atoms with Gasteiger partial charge < -0.3 is 20.1 Å². The molecule has 1 aromatic heterocycles. The van der Waals surface area contributed by atoms with Gasteiger partial charge in [-0.3, -0.25) is 4.79 Å². The Balaban J connectivity index is 1.73. The third kappa shape index (κ3) is 4.50. The molecule has 3 rings (SSSR count). The second-order valence-electron chi connectivity index (χ2n) is 5.67. The molecule has 6 nitrogen and oxygen atoms in total. The van der Waals surface area contributed by atoms with Crippen LogP contribution in [0, 0.1) is 6.92 Å². The van der Waals surface area contributed by atoms with Crippen molar-refractivity contribution in [3.8, 4) is 11.5 Å². The van der Waals surface area contributed by atoms with Crippen molar-refractivity contribution in [2.45, 2.75) is 6.92 Å². The first kappa shape index (κ1) is 19.0. The summed E-state index contributed by atoms with van der Waals surface area (Å²) in [6.45, 7) is 1.99. The first-order valence-electron chi connectivity index (χ1n) is 8.02. The molecule has 0 spiro atoms. The lowest BCUT2D eigenvalue weighted by atomic mass is 10.2. The van der Waals surface area contributed by atoms with Gasteiger partial charge in [-0.1, -0.05) is 17.7 Å². The van der Waals surface area contributed by atoms with Gasteiger partial charge in [-0.05, 0) is 42.8 Å². The van der Waals surface area contributed by atoms with Crippen LogP contribution in [-0.2, 0) is 0 Å². The number of thiazole rings is 1. The number of aromatic nitrogens is 1. The molecule has 1 heterocycles. The number of rotatable bonds is 6. The number of methoxy groups -OCH3 is 2. The molecule has 0 aliphatic heterocycles. The van der Waals surface area contributed by atoms with Crippen LogP contribution >= 0.6 is 22.9 Å². The smallest absolute Gasteiger partial charge is 0.275 e. The third-order valence-electron chi connectivity index (χ3n) is 3.74. The molecule has 0 bridgehead atoms. The summed E-state index contributed by atoms with van der Waals surface area (Å²) in [5, 5.41) is 8.66. The summed E-state index contributed by atoms with van der Waals surface area (Å²) in [6.07, 6.45) is 0. The topological polar surface area (TPSA) is 72.5 Å². The number of carbonyl (C=O) groups excluding carboxylic acids is 1. The Morgan fingerprint density at radius 1 is 1.11 bits per heavy atom. The van der Waals surface area contributed by atoms with Crippen LogP contribution in [-0.4, -0.2) is 25.1 Å². The Morgan fingerprint density at radius 3 is 2.56 bits per heavy atom. The molecule has 27 heavy (non-hydrogen) atoms. The third-order valence-corrected chi connectivity index (χ3v) is 4.80. The fourth-order valence-corrected chi connectivity index (χ4v) is 3.37. The van der Waals surface area contributed by atoms with Crippen molar-refractivity contribution in [1.82, 2.24) is 4.98 Å². The molecular formula is C19H18ClN3O3S. The number of aryl methyl sites for hydroxylation is 1. The number of carbonyl (C=O) groups is 1. The maximum absolute atomic E-state index is 12.4. The van der Waals surface area contributed by atoms with Gasteiger partial charge in [0.1, 0.15) is 17.2 Å². The zero-order valence-electron chi connectivity index (χ0n) is 15.0. The van der Waals surface area contributed by atoms with Crippen LogP contribution in [0.2, 0.25) is 5.02 Å². The lowest BCUT2D eigenvalue weighted by Crippen LogP contribution is -2.12. The summed E-state index contributed by atoms with van der Waals surface area (Å²) in [5.41, 5.74) is 2.75. The first-order valence-corrected chi connectivity index (χ1v) is 9.28. The first-order chi connectivity index (χ1) is 13.0. The van der Waals surface area contributed by atoms with Gasteiger partial charge in [0.2, 0.25) is 0 Å². The molecule has 0 aliphatic carbocycles. The van der Waals surface area contributed by atoms with Crippen molar-refractivity contribution >= 4 is 45.4 Å². The minimum absolute atomic E-state index is 0.307. The second-order valence-corrected chi connectivity index (χ2v) is 6.94. The number of benzene rings is 2. The zero-order chi connectivity index (χ0) is 19.4. The van der Waals surface area contributed by atoms with E-state index in [-0.39, 0.29) is 5.91 Å². The number of hydrogen-bond donors (Lipinski definition) is 2. The van der Waals surface area contributed by atoms with E-state index in [0.29, 0.717) is 33.0 Å². The van der Waals surface area contributed by atoms with E-state index >= 15 is 0 Å². The zero-order valence-corrected chi connectivity index (χ0v) is 16.6. The number of nitrogens with one attached hydrogen (secondary N) is 2. The van der Waals surface area contributed by atoms with Crippen LogP contribution in [0.25, 0.3) is 0 Å². The van der Waals surface area contributed by atoms with Gasteiger partial charge >= 0.3 is 0 Å². The highest BCUT2D eigenvalue weighted by molar-refractivity contribution is 7.14. The van der Waals surface area contributed by atoms with Crippen molar-refractivity contribution in [3.63, 3.8) is 0 Å². The molecule has 2 N–H and O–H groups in total. The maximum Gasteiger partial charge on any atom is 0.275 e. The largest absolute Gasteiger partial charge is 0.495 e. The minimum atomic E-state index is -0.322. The Bertz CT molecular complexity index is 975. The van der Waals surface area contributed by atoms with Crippen LogP contribution in [0.15, 0.2) is 41.8 Å². The molecule has 1 amide bonds. The predicted octanol–water partition coefficient (Wildman–Crippen LogP) is 5.12. The second kappa shape index (κ2) is 8.28. The highest BCUT2D eigenvalue weighted by Gasteiger charge is 2.13. The Labute approximate surface area is 166 Å². The van der Waals surface area contributed by atoms with E-state index in [4.69, 9.17) is 21.1 Å². The van der Waals surface area contributed by atoms with Crippen LogP contribution < -0.4 is 20.1 Å². The van der Waals surface area contributed by atoms with Crippen molar-refractivity contribution in [2.24, 2.45) is 0 Å². The van der Waals surface area contributed by atoms with E-state index in [0.717, 1.165) is 11.3 Å². The molecular weight excluding hydrogens is 386 g/mol. The van der Waals surface area contributed by atoms with Gasteiger partial charge in [0.25, 0.3) is 5.91 Å². The normalized spacial score (nSPS) is 10.4. The molecule has 0 saturated carbocycles. The summed E-state index contributed by atoms with van der Waals surface area (Å²) in [6, 6.07) is 10.8. The SMILES string of the molecule is COc1ccc(NC(=O)c2csc(Nc3cc(C)ccc3OC)n2)cc1Cl. The summed E-state index contributed by atoms with van der Waals surface area (Å²) >= 11 is 7.42. The van der Waals surface area contributed by atoms with E-state index in [1.54, 1.807) is 30.7 Å². The minimum Gasteiger partial charge on any atom is -0.495 e. The molecule has 0 unspecified atom stereocenters. The van der Waals surface area contributed by atoms with Crippen molar-refractivity contribution in [3.05, 3.63) is 58.1 Å². The Kier molecular flexibility index (Phi) is 5.83. The Hall–Kier alpha value is -2.77. The molecule has 8 heteroatoms. The summed E-state index contributed by atoms with van der Waals surface area (Å²) in [7, 11) is 3.14. The van der Waals surface area contributed by atoms with Gasteiger partial charge in [0.15, 0.2) is 5.13 Å². The van der Waals surface area contributed by atoms with Crippen LogP contribution in [0.5, 0.6) is 11.5 Å². The molecule has 0 fully saturated rings. The molecule has 3 aromatic rings. The fourth-order valence-electron chi connectivity index (χ4n) is 2.41. The summed E-state index contributed by atoms with van der Waals surface area (Å²) in [5.74, 6) is 0.924. The number of amides is 1. The average Bonchev–Trinajstić information content (AvgIpc) is 3.11. The molecule has 0 aliphatic rings. The maximum atomic E-state index is 12.4. The predicted molar refractivity (Wildman–Crippen MR) is 109 cm³/mol. The number of halogens is 1. The van der Waals surface area contributed by atoms with Gasteiger partial charge in [0.05, 0.1) is 24.9 Å². The number of anilines is 3. The number of hydrogen-bond acceptors (Lipinski definition) is 6. The lowest BCUT2D eigenvalue weighted by Gasteiger charge is -2.09. The van der Waals surface area contributed by atoms with Gasteiger partial charge in [-0.15, -0.1) is 11.3 Å². The van der Waals surface area contributed by atoms with Crippen LogP contribution in [0.4, 0.5) is 16.5 Å². The quantitative estimate of drug-likeness (QED) is 0.597. The van der Waals surface area contributed by atoms with Crippen LogP contribution in [0.1, 0.15) is 16.1 Å². The van der Waals surface area contributed by atoms with E-state index in [1.165, 1.54) is 18.4 Å². The lowest BCUT2D eigenvalue weighted by molar-refractivity contribution is 0.102. The molecule has 140 valence electrons. The summed E-state index contributed by atoms with van der Waals surface area (Å²) < 4.78 is 10.5. The van der Waals surface area contributed by atoms with Gasteiger partial charge in [-0.25, -0.2) is 4.98 Å². The van der Waals surface area contributed by atoms with Crippen LogP contribution in [0.3, 0.4) is 0 Å². The molecule has 0 atom stereocenters. The van der Waals surface area contributed by atoms with Crippen molar-refractivity contribution < 1.29 is 14.3 Å². The molecule has 0 saturated heterocycles. The highest BCUT2D eigenvalue weighted by atomic mass is 35.5. The standard InChI is InChI=1S/C19H18ClN3O3S/c1-11-4-6-17(26-3)14(8-11)22-19-23-15(10-27-19)18(24)21-12-5-7-16(25-2)13(20)9-12/h4-10H,1-3H3,(H,21,24)(H,22,23). The van der Waals surface area contributed by atoms with E-state index in [9.17, 15) is 4.79 Å². The van der Waals surface area contributed by atoms with E-state index in [2.05, 4.69) is 15.6 Å². The average molecular weight is 404 g/mol. The number of ether oxygens (including phenoxy) is 2. The van der Waals surface area contributed by atoms with Gasteiger partial charge in [0, 0.05) is 11.1 Å². The van der Waals surface area contributed by atoms with E-state index in [1.807, 2.05) is 25.1 Å². The van der Waals surface area contributed by atoms with E-state index < -0.39 is 0 Å². The monoisotopic (exact) mass is 403 g/mol. The van der Waals surface area contributed by atoms with Gasteiger partial charge in [-0.2, -0.15) is 0 Å². The Morgan fingerprint density at radius 2 is 1.85 bits per heavy atom. The molecule has 0 radical (unpaired) electrons. The number of nitrogens with zero attached hydrogens (tertiary/aromatic N) is 1. The van der Waals surface area contributed by atoms with Crippen molar-refractivity contribution in [2.75, 3.05) is 24.9 Å². The highest BCUT2D eigenvalue weighted by Crippen LogP contribution is 2.30. The fraction of sp³-hybridized carbons (Fsp3) is 0.158. The van der Waals surface area contributed by atoms with Crippen molar-refractivity contribution in [1.29, 1.82) is 0 Å². The summed E-state index contributed by atoms with van der Waals surface area (Å²) in [4.78, 5) is 16.8. The molecule has 2 aromatic carbocycles.